The molecule has 0 rings (SSSR count). The van der Waals surface area contributed by atoms with Gasteiger partial charge in [-0.15, -0.1) is 0 Å². The molecule has 17 heavy (non-hydrogen) atoms. The number of carbonyl (C=O) groups excluding carboxylic acids is 1. The molecule has 0 aliphatic carbocycles. The first-order valence-electron chi connectivity index (χ1n) is 6.89. The largest absolute Gasteiger partial charge is 0.355 e. The molecule has 4 nitrogen and oxygen atoms in total. The zero-order chi connectivity index (χ0) is 13.1. The van der Waals surface area contributed by atoms with Crippen LogP contribution in [0.25, 0.3) is 0 Å². The molecule has 1 unspecified atom stereocenters. The minimum absolute atomic E-state index is 0.0676. The number of carbonyl (C=O) groups is 1. The number of hydrogen-bond donors (Lipinski definition) is 2. The summed E-state index contributed by atoms with van der Waals surface area (Å²) in [6, 6.07) is -0.0676. The van der Waals surface area contributed by atoms with Crippen molar-refractivity contribution in [3.05, 3.63) is 0 Å². The molecule has 0 aromatic rings. The van der Waals surface area contributed by atoms with Gasteiger partial charge in [-0.3, -0.25) is 9.69 Å². The quantitative estimate of drug-likeness (QED) is 0.569. The maximum Gasteiger partial charge on any atom is 0.237 e. The highest BCUT2D eigenvalue weighted by molar-refractivity contribution is 5.81. The third-order valence-electron chi connectivity index (χ3n) is 2.97. The Morgan fingerprint density at radius 3 is 2.41 bits per heavy atom. The van der Waals surface area contributed by atoms with Crippen molar-refractivity contribution in [1.82, 2.24) is 10.2 Å². The summed E-state index contributed by atoms with van der Waals surface area (Å²) >= 11 is 0. The second-order valence-corrected chi connectivity index (χ2v) is 4.50. The van der Waals surface area contributed by atoms with E-state index in [9.17, 15) is 4.79 Å². The number of rotatable bonds is 10. The molecule has 0 saturated carbocycles. The van der Waals surface area contributed by atoms with Gasteiger partial charge >= 0.3 is 0 Å². The summed E-state index contributed by atoms with van der Waals surface area (Å²) < 4.78 is 0. The van der Waals surface area contributed by atoms with Gasteiger partial charge in [0.05, 0.1) is 6.04 Å². The van der Waals surface area contributed by atoms with Crippen molar-refractivity contribution in [2.24, 2.45) is 5.73 Å². The van der Waals surface area contributed by atoms with Crippen LogP contribution in [-0.4, -0.2) is 43.0 Å². The van der Waals surface area contributed by atoms with E-state index in [1.54, 1.807) is 0 Å². The lowest BCUT2D eigenvalue weighted by Gasteiger charge is -2.27. The van der Waals surface area contributed by atoms with E-state index in [1.165, 1.54) is 0 Å². The molecule has 0 aliphatic heterocycles. The smallest absolute Gasteiger partial charge is 0.237 e. The second kappa shape index (κ2) is 10.5. The summed E-state index contributed by atoms with van der Waals surface area (Å²) in [6.45, 7) is 9.38. The van der Waals surface area contributed by atoms with Crippen LogP contribution in [0.3, 0.4) is 0 Å². The number of nitrogens with one attached hydrogen (secondary N) is 1. The van der Waals surface area contributed by atoms with E-state index in [-0.39, 0.29) is 11.9 Å². The van der Waals surface area contributed by atoms with Gasteiger partial charge in [0.2, 0.25) is 5.91 Å². The van der Waals surface area contributed by atoms with Crippen LogP contribution in [0.5, 0.6) is 0 Å². The van der Waals surface area contributed by atoms with Crippen LogP contribution in [0, 0.1) is 0 Å². The molecule has 0 heterocycles. The summed E-state index contributed by atoms with van der Waals surface area (Å²) in [5.41, 5.74) is 5.59. The highest BCUT2D eigenvalue weighted by Crippen LogP contribution is 2.02. The van der Waals surface area contributed by atoms with E-state index in [1.807, 2.05) is 6.92 Å². The lowest BCUT2D eigenvalue weighted by atomic mass is 10.2. The first kappa shape index (κ1) is 16.4. The lowest BCUT2D eigenvalue weighted by Crippen LogP contribution is -2.47. The summed E-state index contributed by atoms with van der Waals surface area (Å²) in [5.74, 6) is 0.128. The Balaban J connectivity index is 4.08. The van der Waals surface area contributed by atoms with Crippen LogP contribution < -0.4 is 11.1 Å². The SMILES string of the molecule is CCCCNC(=O)C(C)N(CCN)CCCC. The minimum Gasteiger partial charge on any atom is -0.355 e. The molecule has 0 aromatic heterocycles. The fourth-order valence-corrected chi connectivity index (χ4v) is 1.73. The van der Waals surface area contributed by atoms with Gasteiger partial charge < -0.3 is 11.1 Å². The van der Waals surface area contributed by atoms with Crippen LogP contribution >= 0.6 is 0 Å². The summed E-state index contributed by atoms with van der Waals surface area (Å²) in [7, 11) is 0. The Morgan fingerprint density at radius 2 is 1.88 bits per heavy atom. The minimum atomic E-state index is -0.0676. The van der Waals surface area contributed by atoms with Crippen LogP contribution in [0.15, 0.2) is 0 Å². The molecule has 0 bridgehead atoms. The van der Waals surface area contributed by atoms with E-state index in [4.69, 9.17) is 5.73 Å². The zero-order valence-electron chi connectivity index (χ0n) is 11.7. The van der Waals surface area contributed by atoms with Crippen molar-refractivity contribution in [3.8, 4) is 0 Å². The molecular weight excluding hydrogens is 214 g/mol. The molecular formula is C13H29N3O. The number of nitrogens with two attached hydrogens (primary N) is 1. The van der Waals surface area contributed by atoms with E-state index >= 15 is 0 Å². The Hall–Kier alpha value is -0.610. The normalized spacial score (nSPS) is 12.8. The van der Waals surface area contributed by atoms with Gasteiger partial charge in [-0.25, -0.2) is 0 Å². The summed E-state index contributed by atoms with van der Waals surface area (Å²) in [5, 5.41) is 2.98. The molecule has 0 radical (unpaired) electrons. The maximum absolute atomic E-state index is 11.9. The van der Waals surface area contributed by atoms with Gasteiger partial charge in [0.1, 0.15) is 0 Å². The molecule has 0 fully saturated rings. The Morgan fingerprint density at radius 1 is 1.24 bits per heavy atom. The molecule has 0 spiro atoms. The van der Waals surface area contributed by atoms with Crippen molar-refractivity contribution in [2.75, 3.05) is 26.2 Å². The lowest BCUT2D eigenvalue weighted by molar-refractivity contribution is -0.125. The molecule has 0 aromatic carbocycles. The van der Waals surface area contributed by atoms with Gasteiger partial charge in [0, 0.05) is 19.6 Å². The number of hydrogen-bond acceptors (Lipinski definition) is 3. The Bertz CT molecular complexity index is 197. The van der Waals surface area contributed by atoms with Gasteiger partial charge in [-0.2, -0.15) is 0 Å². The van der Waals surface area contributed by atoms with E-state index in [2.05, 4.69) is 24.1 Å². The average Bonchev–Trinajstić information content (AvgIpc) is 2.33. The summed E-state index contributed by atoms with van der Waals surface area (Å²) in [4.78, 5) is 14.1. The third-order valence-corrected chi connectivity index (χ3v) is 2.97. The first-order chi connectivity index (χ1) is 8.17. The number of nitrogens with zero attached hydrogens (tertiary/aromatic N) is 1. The van der Waals surface area contributed by atoms with Crippen molar-refractivity contribution in [2.45, 2.75) is 52.5 Å². The molecule has 3 N–H and O–H groups in total. The van der Waals surface area contributed by atoms with Gasteiger partial charge in [0.25, 0.3) is 0 Å². The van der Waals surface area contributed by atoms with Crippen LogP contribution in [0.4, 0.5) is 0 Å². The Kier molecular flexibility index (Phi) is 10.2. The van der Waals surface area contributed by atoms with Crippen molar-refractivity contribution in [1.29, 1.82) is 0 Å². The molecule has 0 saturated heterocycles. The van der Waals surface area contributed by atoms with Crippen LogP contribution in [0.2, 0.25) is 0 Å². The fourth-order valence-electron chi connectivity index (χ4n) is 1.73. The van der Waals surface area contributed by atoms with Crippen LogP contribution in [-0.2, 0) is 4.79 Å². The van der Waals surface area contributed by atoms with Crippen LogP contribution in [0.1, 0.15) is 46.5 Å². The molecule has 1 amide bonds. The average molecular weight is 243 g/mol. The summed E-state index contributed by atoms with van der Waals surface area (Å²) in [6.07, 6.45) is 4.42. The predicted molar refractivity (Wildman–Crippen MR) is 72.9 cm³/mol. The highest BCUT2D eigenvalue weighted by Gasteiger charge is 2.19. The predicted octanol–water partition coefficient (Wildman–Crippen LogP) is 1.35. The second-order valence-electron chi connectivity index (χ2n) is 4.50. The third kappa shape index (κ3) is 7.34. The topological polar surface area (TPSA) is 58.4 Å². The monoisotopic (exact) mass is 243 g/mol. The van der Waals surface area contributed by atoms with Gasteiger partial charge in [-0.1, -0.05) is 26.7 Å². The standard InChI is InChI=1S/C13H29N3O/c1-4-6-9-15-13(17)12(3)16(11-8-14)10-7-5-2/h12H,4-11,14H2,1-3H3,(H,15,17). The van der Waals surface area contributed by atoms with E-state index < -0.39 is 0 Å². The number of amides is 1. The molecule has 1 atom stereocenters. The number of unbranched alkanes of at least 4 members (excludes halogenated alkanes) is 2. The zero-order valence-corrected chi connectivity index (χ0v) is 11.7. The highest BCUT2D eigenvalue weighted by atomic mass is 16.2. The van der Waals surface area contributed by atoms with Crippen molar-refractivity contribution >= 4 is 5.91 Å². The Labute approximate surface area is 106 Å². The fraction of sp³-hybridized carbons (Fsp3) is 0.923. The van der Waals surface area contributed by atoms with Gasteiger partial charge in [-0.05, 0) is 26.3 Å². The molecule has 0 aliphatic rings. The van der Waals surface area contributed by atoms with E-state index in [0.29, 0.717) is 6.54 Å². The van der Waals surface area contributed by atoms with Gasteiger partial charge in [0.15, 0.2) is 0 Å². The molecule has 102 valence electrons. The first-order valence-corrected chi connectivity index (χ1v) is 6.89. The van der Waals surface area contributed by atoms with E-state index in [0.717, 1.165) is 45.3 Å². The maximum atomic E-state index is 11.9. The van der Waals surface area contributed by atoms with Crippen molar-refractivity contribution < 1.29 is 4.79 Å². The molecule has 4 heteroatoms. The van der Waals surface area contributed by atoms with Crippen molar-refractivity contribution in [3.63, 3.8) is 0 Å².